The van der Waals surface area contributed by atoms with E-state index >= 15 is 0 Å². The highest BCUT2D eigenvalue weighted by Crippen LogP contribution is 2.13. The Bertz CT molecular complexity index is 381. The van der Waals surface area contributed by atoms with E-state index in [4.69, 9.17) is 4.74 Å². The van der Waals surface area contributed by atoms with Gasteiger partial charge < -0.3 is 10.1 Å². The summed E-state index contributed by atoms with van der Waals surface area (Å²) in [6.07, 6.45) is 2.48. The van der Waals surface area contributed by atoms with Gasteiger partial charge in [-0.2, -0.15) is 0 Å². The quantitative estimate of drug-likeness (QED) is 0.754. The summed E-state index contributed by atoms with van der Waals surface area (Å²) >= 11 is 0. The van der Waals surface area contributed by atoms with Crippen molar-refractivity contribution in [2.24, 2.45) is 5.92 Å². The molecule has 2 nitrogen and oxygen atoms in total. The molecule has 0 heterocycles. The Labute approximate surface area is 124 Å². The highest BCUT2D eigenvalue weighted by atomic mass is 16.5. The largest absolute Gasteiger partial charge is 0.376 e. The van der Waals surface area contributed by atoms with E-state index in [0.29, 0.717) is 5.92 Å². The molecule has 2 heteroatoms. The fraction of sp³-hybridized carbons (Fsp3) is 0.667. The first-order valence-electron chi connectivity index (χ1n) is 7.82. The van der Waals surface area contributed by atoms with Crippen molar-refractivity contribution in [2.45, 2.75) is 66.2 Å². The van der Waals surface area contributed by atoms with Crippen LogP contribution in [-0.2, 0) is 17.9 Å². The van der Waals surface area contributed by atoms with Crippen LogP contribution >= 0.6 is 0 Å². The molecule has 0 spiro atoms. The zero-order valence-corrected chi connectivity index (χ0v) is 13.8. The fourth-order valence-corrected chi connectivity index (χ4v) is 2.18. The third-order valence-corrected chi connectivity index (χ3v) is 3.37. The van der Waals surface area contributed by atoms with E-state index in [1.165, 1.54) is 24.0 Å². The molecule has 114 valence electrons. The molecule has 0 radical (unpaired) electrons. The summed E-state index contributed by atoms with van der Waals surface area (Å²) in [6, 6.07) is 8.55. The molecule has 1 aromatic rings. The maximum absolute atomic E-state index is 5.88. The Balaban J connectivity index is 2.49. The summed E-state index contributed by atoms with van der Waals surface area (Å²) in [7, 11) is 0. The molecule has 0 bridgehead atoms. The molecule has 1 rings (SSSR count). The minimum atomic E-state index is 0.142. The number of benzene rings is 1. The van der Waals surface area contributed by atoms with Crippen LogP contribution in [0.4, 0.5) is 0 Å². The monoisotopic (exact) mass is 277 g/mol. The van der Waals surface area contributed by atoms with Crippen molar-refractivity contribution >= 4 is 0 Å². The van der Waals surface area contributed by atoms with Crippen LogP contribution in [0.25, 0.3) is 0 Å². The van der Waals surface area contributed by atoms with Gasteiger partial charge >= 0.3 is 0 Å². The first-order valence-corrected chi connectivity index (χ1v) is 7.82. The lowest BCUT2D eigenvalue weighted by Crippen LogP contribution is -2.35. The molecule has 0 aliphatic rings. The maximum Gasteiger partial charge on any atom is 0.0720 e. The fourth-order valence-electron chi connectivity index (χ4n) is 2.18. The average molecular weight is 277 g/mol. The molecule has 1 unspecified atom stereocenters. The van der Waals surface area contributed by atoms with Crippen LogP contribution in [0.15, 0.2) is 24.3 Å². The van der Waals surface area contributed by atoms with Crippen LogP contribution in [0.1, 0.15) is 58.6 Å². The predicted octanol–water partition coefficient (Wildman–Crippen LogP) is 4.53. The minimum Gasteiger partial charge on any atom is -0.376 e. The van der Waals surface area contributed by atoms with Crippen molar-refractivity contribution in [3.8, 4) is 0 Å². The number of rotatable bonds is 8. The standard InChI is InChI=1S/C18H31NO/c1-6-9-15(2)13-20-14-17-11-8-7-10-16(17)12-19-18(3,4)5/h7-8,10-11,15,19H,6,9,12-14H2,1-5H3. The first-order chi connectivity index (χ1) is 9.42. The number of nitrogens with one attached hydrogen (secondary N) is 1. The number of hydrogen-bond acceptors (Lipinski definition) is 2. The van der Waals surface area contributed by atoms with Crippen molar-refractivity contribution < 1.29 is 4.74 Å². The summed E-state index contributed by atoms with van der Waals surface area (Å²) in [5.41, 5.74) is 2.78. The van der Waals surface area contributed by atoms with Crippen LogP contribution in [-0.4, -0.2) is 12.1 Å². The van der Waals surface area contributed by atoms with E-state index < -0.39 is 0 Å². The number of ether oxygens (including phenoxy) is 1. The highest BCUT2D eigenvalue weighted by molar-refractivity contribution is 5.26. The van der Waals surface area contributed by atoms with Crippen molar-refractivity contribution in [3.63, 3.8) is 0 Å². The van der Waals surface area contributed by atoms with Crippen molar-refractivity contribution in [2.75, 3.05) is 6.61 Å². The SMILES string of the molecule is CCCC(C)COCc1ccccc1CNC(C)(C)C. The van der Waals surface area contributed by atoms with Gasteiger partial charge in [-0.05, 0) is 44.2 Å². The maximum atomic E-state index is 5.88. The average Bonchev–Trinajstić information content (AvgIpc) is 2.37. The summed E-state index contributed by atoms with van der Waals surface area (Å²) in [6.45, 7) is 13.5. The third-order valence-electron chi connectivity index (χ3n) is 3.37. The van der Waals surface area contributed by atoms with Crippen molar-refractivity contribution in [3.05, 3.63) is 35.4 Å². The molecular formula is C18H31NO. The lowest BCUT2D eigenvalue weighted by atomic mass is 10.0. The predicted molar refractivity (Wildman–Crippen MR) is 86.8 cm³/mol. The second-order valence-corrected chi connectivity index (χ2v) is 6.78. The first kappa shape index (κ1) is 17.2. The third kappa shape index (κ3) is 7.06. The van der Waals surface area contributed by atoms with Crippen LogP contribution < -0.4 is 5.32 Å². The van der Waals surface area contributed by atoms with Gasteiger partial charge in [0, 0.05) is 18.7 Å². The van der Waals surface area contributed by atoms with Gasteiger partial charge in [0.2, 0.25) is 0 Å². The minimum absolute atomic E-state index is 0.142. The van der Waals surface area contributed by atoms with Crippen LogP contribution in [0.5, 0.6) is 0 Å². The van der Waals surface area contributed by atoms with Gasteiger partial charge in [0.15, 0.2) is 0 Å². The van der Waals surface area contributed by atoms with E-state index in [0.717, 1.165) is 19.8 Å². The highest BCUT2D eigenvalue weighted by Gasteiger charge is 2.10. The zero-order valence-electron chi connectivity index (χ0n) is 13.8. The molecule has 0 aromatic heterocycles. The summed E-state index contributed by atoms with van der Waals surface area (Å²) < 4.78 is 5.88. The zero-order chi connectivity index (χ0) is 15.0. The molecular weight excluding hydrogens is 246 g/mol. The van der Waals surface area contributed by atoms with Crippen LogP contribution in [0, 0.1) is 5.92 Å². The van der Waals surface area contributed by atoms with E-state index in [9.17, 15) is 0 Å². The summed E-state index contributed by atoms with van der Waals surface area (Å²) in [4.78, 5) is 0. The molecule has 0 aliphatic heterocycles. The van der Waals surface area contributed by atoms with Gasteiger partial charge in [-0.3, -0.25) is 0 Å². The van der Waals surface area contributed by atoms with Gasteiger partial charge in [0.25, 0.3) is 0 Å². The molecule has 1 N–H and O–H groups in total. The molecule has 0 saturated carbocycles. The number of hydrogen-bond donors (Lipinski definition) is 1. The molecule has 20 heavy (non-hydrogen) atoms. The van der Waals surface area contributed by atoms with E-state index in [2.05, 4.69) is 64.2 Å². The second kappa shape index (κ2) is 8.43. The lowest BCUT2D eigenvalue weighted by molar-refractivity contribution is 0.0888. The van der Waals surface area contributed by atoms with E-state index in [1.807, 2.05) is 0 Å². The van der Waals surface area contributed by atoms with Gasteiger partial charge in [-0.15, -0.1) is 0 Å². The Morgan fingerprint density at radius 1 is 1.15 bits per heavy atom. The van der Waals surface area contributed by atoms with Gasteiger partial charge in [0.05, 0.1) is 6.61 Å². The molecule has 0 saturated heterocycles. The summed E-state index contributed by atoms with van der Waals surface area (Å²) in [5.74, 6) is 0.653. The second-order valence-electron chi connectivity index (χ2n) is 6.78. The summed E-state index contributed by atoms with van der Waals surface area (Å²) in [5, 5.41) is 3.54. The van der Waals surface area contributed by atoms with Gasteiger partial charge in [-0.1, -0.05) is 44.5 Å². The normalized spacial score (nSPS) is 13.4. The Kier molecular flexibility index (Phi) is 7.25. The molecule has 1 atom stereocenters. The molecule has 0 aliphatic carbocycles. The van der Waals surface area contributed by atoms with Gasteiger partial charge in [-0.25, -0.2) is 0 Å². The topological polar surface area (TPSA) is 21.3 Å². The van der Waals surface area contributed by atoms with Gasteiger partial charge in [0.1, 0.15) is 0 Å². The molecule has 1 aromatic carbocycles. The Morgan fingerprint density at radius 3 is 2.40 bits per heavy atom. The van der Waals surface area contributed by atoms with Crippen molar-refractivity contribution in [1.82, 2.24) is 5.32 Å². The van der Waals surface area contributed by atoms with Crippen molar-refractivity contribution in [1.29, 1.82) is 0 Å². The van der Waals surface area contributed by atoms with E-state index in [-0.39, 0.29) is 5.54 Å². The molecule has 0 fully saturated rings. The van der Waals surface area contributed by atoms with Crippen LogP contribution in [0.2, 0.25) is 0 Å². The lowest BCUT2D eigenvalue weighted by Gasteiger charge is -2.22. The van der Waals surface area contributed by atoms with Crippen LogP contribution in [0.3, 0.4) is 0 Å². The Morgan fingerprint density at radius 2 is 1.80 bits per heavy atom. The Hall–Kier alpha value is -0.860. The smallest absolute Gasteiger partial charge is 0.0720 e. The van der Waals surface area contributed by atoms with E-state index in [1.54, 1.807) is 0 Å². The molecule has 0 amide bonds.